The van der Waals surface area contributed by atoms with Gasteiger partial charge in [0, 0.05) is 6.42 Å². The average molecular weight is 364 g/mol. The first-order valence-corrected chi connectivity index (χ1v) is 8.04. The van der Waals surface area contributed by atoms with Crippen LogP contribution in [0.15, 0.2) is 12.3 Å². The first kappa shape index (κ1) is 19.0. The molecule has 0 bridgehead atoms. The third-order valence-corrected chi connectivity index (χ3v) is 5.25. The zero-order valence-corrected chi connectivity index (χ0v) is 13.5. The van der Waals surface area contributed by atoms with Gasteiger partial charge in [0.25, 0.3) is 0 Å². The smallest absolute Gasteiger partial charge is 0.210 e. The molecule has 10 atom stereocenters. The van der Waals surface area contributed by atoms with E-state index in [1.807, 2.05) is 0 Å². The Balaban J connectivity index is 1.81. The highest BCUT2D eigenvalue weighted by Gasteiger charge is 2.64. The van der Waals surface area contributed by atoms with Crippen LogP contribution in [0.4, 0.5) is 0 Å². The summed E-state index contributed by atoms with van der Waals surface area (Å²) in [6, 6.07) is 0. The maximum atomic E-state index is 10.7. The molecule has 144 valence electrons. The van der Waals surface area contributed by atoms with Gasteiger partial charge in [-0.3, -0.25) is 0 Å². The zero-order valence-electron chi connectivity index (χ0n) is 13.5. The lowest BCUT2D eigenvalue weighted by Crippen LogP contribution is -2.61. The largest absolute Gasteiger partial charge is 0.472 e. The Morgan fingerprint density at radius 2 is 1.76 bits per heavy atom. The summed E-state index contributed by atoms with van der Waals surface area (Å²) in [6.45, 7) is 0.783. The molecule has 1 saturated carbocycles. The van der Waals surface area contributed by atoms with Crippen molar-refractivity contribution in [2.24, 2.45) is 5.92 Å². The second-order valence-electron chi connectivity index (χ2n) is 7.08. The molecule has 1 saturated heterocycles. The molecule has 2 heterocycles. The summed E-state index contributed by atoms with van der Waals surface area (Å²) in [7, 11) is 0. The summed E-state index contributed by atoms with van der Waals surface area (Å²) in [4.78, 5) is 0. The van der Waals surface area contributed by atoms with E-state index in [4.69, 9.17) is 14.2 Å². The van der Waals surface area contributed by atoms with E-state index in [1.165, 1.54) is 13.0 Å². The fraction of sp³-hybridized carbons (Fsp3) is 0.867. The van der Waals surface area contributed by atoms with Crippen LogP contribution in [-0.2, 0) is 14.2 Å². The van der Waals surface area contributed by atoms with Crippen molar-refractivity contribution in [1.29, 1.82) is 0 Å². The highest BCUT2D eigenvalue weighted by molar-refractivity contribution is 5.21. The fourth-order valence-electron chi connectivity index (χ4n) is 3.84. The maximum absolute atomic E-state index is 10.7. The molecule has 10 nitrogen and oxygen atoms in total. The molecule has 0 aromatic rings. The van der Waals surface area contributed by atoms with Crippen LogP contribution in [0, 0.1) is 5.92 Å². The molecule has 10 heteroatoms. The van der Waals surface area contributed by atoms with Crippen LogP contribution in [0.3, 0.4) is 0 Å². The van der Waals surface area contributed by atoms with Gasteiger partial charge in [-0.05, 0) is 13.0 Å². The van der Waals surface area contributed by atoms with Gasteiger partial charge in [-0.25, -0.2) is 0 Å². The van der Waals surface area contributed by atoms with Crippen LogP contribution < -0.4 is 0 Å². The van der Waals surface area contributed by atoms with Crippen molar-refractivity contribution in [3.63, 3.8) is 0 Å². The standard InChI is InChI=1S/C15H24O10/c1-14(21)4-7(17)15(22)2-3-23-13(11(14)15)25-12-10(20)9(19)8(18)6(5-16)24-12/h2-3,6-13,16-22H,4-5H2,1H3/t6?,7?,8?,9?,10?,11-,12+,13?,14+,15+/m0/s1. The minimum Gasteiger partial charge on any atom is -0.472 e. The van der Waals surface area contributed by atoms with Gasteiger partial charge in [0.1, 0.15) is 30.0 Å². The molecule has 0 aromatic heterocycles. The quantitative estimate of drug-likeness (QED) is 0.267. The van der Waals surface area contributed by atoms with Crippen LogP contribution >= 0.6 is 0 Å². The minimum absolute atomic E-state index is 0.129. The fourth-order valence-corrected chi connectivity index (χ4v) is 3.84. The Bertz CT molecular complexity index is 522. The molecule has 25 heavy (non-hydrogen) atoms. The molecule has 0 radical (unpaired) electrons. The van der Waals surface area contributed by atoms with Crippen molar-refractivity contribution < 1.29 is 50.0 Å². The second kappa shape index (κ2) is 6.41. The van der Waals surface area contributed by atoms with Gasteiger partial charge in [-0.2, -0.15) is 0 Å². The SMILES string of the molecule is C[C@@]1(O)CC(O)[C@]2(O)C=COC(O[C@H]3OC(CO)C(O)C(O)C3O)[C@H]21. The van der Waals surface area contributed by atoms with Crippen molar-refractivity contribution in [3.8, 4) is 0 Å². The van der Waals surface area contributed by atoms with Crippen LogP contribution in [0.5, 0.6) is 0 Å². The predicted octanol–water partition coefficient (Wildman–Crippen LogP) is -3.46. The molecule has 3 aliphatic rings. The molecule has 0 aromatic carbocycles. The third-order valence-electron chi connectivity index (χ3n) is 5.25. The molecular weight excluding hydrogens is 340 g/mol. The van der Waals surface area contributed by atoms with Gasteiger partial charge in [0.2, 0.25) is 6.29 Å². The summed E-state index contributed by atoms with van der Waals surface area (Å²) in [5, 5.41) is 70.2. The van der Waals surface area contributed by atoms with Crippen molar-refractivity contribution in [2.45, 2.75) is 67.6 Å². The van der Waals surface area contributed by atoms with Crippen molar-refractivity contribution >= 4 is 0 Å². The molecule has 0 amide bonds. The lowest BCUT2D eigenvalue weighted by molar-refractivity contribution is -0.351. The molecule has 2 fully saturated rings. The molecule has 3 rings (SSSR count). The lowest BCUT2D eigenvalue weighted by Gasteiger charge is -2.45. The summed E-state index contributed by atoms with van der Waals surface area (Å²) in [6.07, 6.45) is -7.87. The highest BCUT2D eigenvalue weighted by atomic mass is 16.8. The molecular formula is C15H24O10. The summed E-state index contributed by atoms with van der Waals surface area (Å²) in [5.41, 5.74) is -3.35. The first-order valence-electron chi connectivity index (χ1n) is 8.04. The van der Waals surface area contributed by atoms with Gasteiger partial charge in [0.15, 0.2) is 6.29 Å². The average Bonchev–Trinajstić information content (AvgIpc) is 2.73. The van der Waals surface area contributed by atoms with E-state index < -0.39 is 66.8 Å². The number of aliphatic hydroxyl groups is 7. The van der Waals surface area contributed by atoms with E-state index in [0.717, 1.165) is 6.26 Å². The van der Waals surface area contributed by atoms with Gasteiger partial charge in [0.05, 0.1) is 30.5 Å². The first-order chi connectivity index (χ1) is 11.6. The summed E-state index contributed by atoms with van der Waals surface area (Å²) < 4.78 is 16.0. The Hall–Kier alpha value is -0.820. The lowest BCUT2D eigenvalue weighted by atomic mass is 9.81. The molecule has 0 spiro atoms. The van der Waals surface area contributed by atoms with Crippen molar-refractivity contribution in [2.75, 3.05) is 6.61 Å². The highest BCUT2D eigenvalue weighted by Crippen LogP contribution is 2.49. The van der Waals surface area contributed by atoms with Gasteiger partial charge >= 0.3 is 0 Å². The number of ether oxygens (including phenoxy) is 3. The van der Waals surface area contributed by atoms with Crippen LogP contribution in [0.1, 0.15) is 13.3 Å². The monoisotopic (exact) mass is 364 g/mol. The number of hydrogen-bond donors (Lipinski definition) is 7. The van der Waals surface area contributed by atoms with Crippen molar-refractivity contribution in [1.82, 2.24) is 0 Å². The minimum atomic E-state index is -1.81. The van der Waals surface area contributed by atoms with E-state index in [-0.39, 0.29) is 6.42 Å². The zero-order chi connectivity index (χ0) is 18.6. The number of fused-ring (bicyclic) bond motifs is 1. The molecule has 1 aliphatic carbocycles. The number of rotatable bonds is 3. The Kier molecular flexibility index (Phi) is 4.86. The van der Waals surface area contributed by atoms with Crippen LogP contribution in [0.25, 0.3) is 0 Å². The normalized spacial score (nSPS) is 55.7. The van der Waals surface area contributed by atoms with Gasteiger partial charge < -0.3 is 50.0 Å². The van der Waals surface area contributed by atoms with Crippen molar-refractivity contribution in [3.05, 3.63) is 12.3 Å². The number of aliphatic hydroxyl groups excluding tert-OH is 5. The Morgan fingerprint density at radius 1 is 1.08 bits per heavy atom. The molecule has 6 unspecified atom stereocenters. The Morgan fingerprint density at radius 3 is 2.40 bits per heavy atom. The third kappa shape index (κ3) is 2.97. The summed E-state index contributed by atoms with van der Waals surface area (Å²) in [5.74, 6) is -1.10. The predicted molar refractivity (Wildman–Crippen MR) is 78.6 cm³/mol. The van der Waals surface area contributed by atoms with Crippen LogP contribution in [-0.4, -0.2) is 96.7 Å². The van der Waals surface area contributed by atoms with Crippen LogP contribution in [0.2, 0.25) is 0 Å². The Labute approximate surface area is 143 Å². The maximum Gasteiger partial charge on any atom is 0.210 e. The summed E-state index contributed by atoms with van der Waals surface area (Å²) >= 11 is 0. The van der Waals surface area contributed by atoms with Gasteiger partial charge in [-0.15, -0.1) is 0 Å². The van der Waals surface area contributed by atoms with E-state index in [1.54, 1.807) is 0 Å². The van der Waals surface area contributed by atoms with E-state index in [9.17, 15) is 35.7 Å². The van der Waals surface area contributed by atoms with Gasteiger partial charge in [-0.1, -0.05) is 0 Å². The molecule has 7 N–H and O–H groups in total. The number of hydrogen-bond acceptors (Lipinski definition) is 10. The topological polar surface area (TPSA) is 169 Å². The second-order valence-corrected chi connectivity index (χ2v) is 7.08. The molecule has 2 aliphatic heterocycles. The van der Waals surface area contributed by atoms with E-state index >= 15 is 0 Å². The van der Waals surface area contributed by atoms with E-state index in [2.05, 4.69) is 0 Å². The van der Waals surface area contributed by atoms with E-state index in [0.29, 0.717) is 0 Å².